The number of aromatic amines is 2. The van der Waals surface area contributed by atoms with Crippen LogP contribution in [0.3, 0.4) is 0 Å². The highest BCUT2D eigenvalue weighted by molar-refractivity contribution is 6.10. The number of aromatic nitrogens is 3. The zero-order chi connectivity index (χ0) is 20.0. The second-order valence-corrected chi connectivity index (χ2v) is 6.68. The van der Waals surface area contributed by atoms with Crippen LogP contribution in [0.25, 0.3) is 32.9 Å². The van der Waals surface area contributed by atoms with Gasteiger partial charge in [-0.15, -0.1) is 0 Å². The lowest BCUT2D eigenvalue weighted by Crippen LogP contribution is -2.14. The number of carbonyl (C=O) groups excluding carboxylic acids is 1. The molecule has 0 unspecified atom stereocenters. The summed E-state index contributed by atoms with van der Waals surface area (Å²) in [6.45, 7) is 0. The van der Waals surface area contributed by atoms with Gasteiger partial charge in [0.15, 0.2) is 0 Å². The summed E-state index contributed by atoms with van der Waals surface area (Å²) in [5.41, 5.74) is 3.60. The van der Waals surface area contributed by atoms with Crippen molar-refractivity contribution in [2.24, 2.45) is 0 Å². The van der Waals surface area contributed by atoms with Gasteiger partial charge in [-0.3, -0.25) is 9.89 Å². The molecule has 5 nitrogen and oxygen atoms in total. The summed E-state index contributed by atoms with van der Waals surface area (Å²) in [6, 6.07) is 14.4. The number of halogens is 2. The normalized spacial score (nSPS) is 11.2. The summed E-state index contributed by atoms with van der Waals surface area (Å²) in [6.07, 6.45) is 3.44. The van der Waals surface area contributed by atoms with Crippen LogP contribution < -0.4 is 5.32 Å². The number of nitrogens with zero attached hydrogens (tertiary/aromatic N) is 1. The topological polar surface area (TPSA) is 73.6 Å². The average molecular weight is 388 g/mol. The Morgan fingerprint density at radius 3 is 2.76 bits per heavy atom. The summed E-state index contributed by atoms with van der Waals surface area (Å²) >= 11 is 0. The van der Waals surface area contributed by atoms with Crippen molar-refractivity contribution >= 4 is 33.4 Å². The first-order valence-corrected chi connectivity index (χ1v) is 8.90. The first-order valence-electron chi connectivity index (χ1n) is 8.90. The second kappa shape index (κ2) is 6.56. The number of amides is 1. The van der Waals surface area contributed by atoms with Crippen molar-refractivity contribution in [3.05, 3.63) is 84.2 Å². The van der Waals surface area contributed by atoms with Crippen LogP contribution in [0.1, 0.15) is 10.4 Å². The first-order chi connectivity index (χ1) is 14.1. The zero-order valence-electron chi connectivity index (χ0n) is 15.0. The van der Waals surface area contributed by atoms with E-state index in [0.717, 1.165) is 40.2 Å². The SMILES string of the molecule is O=C(Nc1cc(-c2cccc3[nH]ccc23)cc2[nH]ncc12)c1cc(F)ccc1F. The number of anilines is 1. The molecule has 5 rings (SSSR count). The van der Waals surface area contributed by atoms with Crippen LogP contribution in [0.4, 0.5) is 14.5 Å². The number of H-pyrrole nitrogens is 2. The molecule has 0 saturated carbocycles. The van der Waals surface area contributed by atoms with E-state index in [0.29, 0.717) is 16.6 Å². The smallest absolute Gasteiger partial charge is 0.258 e. The summed E-state index contributed by atoms with van der Waals surface area (Å²) < 4.78 is 27.5. The van der Waals surface area contributed by atoms with Crippen LogP contribution in [0.5, 0.6) is 0 Å². The van der Waals surface area contributed by atoms with Gasteiger partial charge in [0.05, 0.1) is 23.0 Å². The van der Waals surface area contributed by atoms with Crippen LogP contribution in [-0.4, -0.2) is 21.1 Å². The molecule has 2 aromatic heterocycles. The molecule has 0 aliphatic rings. The largest absolute Gasteiger partial charge is 0.361 e. The summed E-state index contributed by atoms with van der Waals surface area (Å²) in [7, 11) is 0. The Bertz CT molecular complexity index is 1390. The van der Waals surface area contributed by atoms with Crippen LogP contribution in [0, 0.1) is 11.6 Å². The fraction of sp³-hybridized carbons (Fsp3) is 0. The maximum atomic E-state index is 14.0. The van der Waals surface area contributed by atoms with E-state index >= 15 is 0 Å². The Morgan fingerprint density at radius 1 is 0.966 bits per heavy atom. The molecule has 0 aliphatic carbocycles. The lowest BCUT2D eigenvalue weighted by Gasteiger charge is -2.11. The minimum absolute atomic E-state index is 0.361. The van der Waals surface area contributed by atoms with Gasteiger partial charge in [0.1, 0.15) is 11.6 Å². The Kier molecular flexibility index (Phi) is 3.87. The van der Waals surface area contributed by atoms with Crippen molar-refractivity contribution in [1.29, 1.82) is 0 Å². The molecule has 142 valence electrons. The number of benzene rings is 3. The Labute approximate surface area is 163 Å². The highest BCUT2D eigenvalue weighted by Gasteiger charge is 2.16. The monoisotopic (exact) mass is 388 g/mol. The van der Waals surface area contributed by atoms with Gasteiger partial charge >= 0.3 is 0 Å². The Balaban J connectivity index is 1.63. The Morgan fingerprint density at radius 2 is 1.86 bits per heavy atom. The standard InChI is InChI=1S/C22H14F2N4O/c23-13-4-5-18(24)16(10-13)22(29)27-20-8-12(9-21-17(20)11-26-28-21)14-2-1-3-19-15(14)6-7-25-19/h1-11,25H,(H,26,28)(H,27,29). The van der Waals surface area contributed by atoms with Crippen molar-refractivity contribution in [2.45, 2.75) is 0 Å². The van der Waals surface area contributed by atoms with Gasteiger partial charge in [0.2, 0.25) is 0 Å². The number of fused-ring (bicyclic) bond motifs is 2. The van der Waals surface area contributed by atoms with E-state index in [9.17, 15) is 13.6 Å². The van der Waals surface area contributed by atoms with E-state index in [1.165, 1.54) is 0 Å². The molecule has 1 amide bonds. The fourth-order valence-corrected chi connectivity index (χ4v) is 3.51. The minimum atomic E-state index is -0.791. The van der Waals surface area contributed by atoms with Gasteiger partial charge in [-0.1, -0.05) is 12.1 Å². The van der Waals surface area contributed by atoms with Crippen LogP contribution in [0.15, 0.2) is 67.0 Å². The fourth-order valence-electron chi connectivity index (χ4n) is 3.51. The van der Waals surface area contributed by atoms with Gasteiger partial charge < -0.3 is 10.3 Å². The van der Waals surface area contributed by atoms with Gasteiger partial charge in [0, 0.05) is 22.5 Å². The van der Waals surface area contributed by atoms with E-state index in [2.05, 4.69) is 20.5 Å². The molecule has 0 aliphatic heterocycles. The predicted molar refractivity (Wildman–Crippen MR) is 108 cm³/mol. The van der Waals surface area contributed by atoms with Crippen molar-refractivity contribution in [2.75, 3.05) is 5.32 Å². The maximum absolute atomic E-state index is 14.0. The lowest BCUT2D eigenvalue weighted by atomic mass is 9.99. The van der Waals surface area contributed by atoms with Crippen LogP contribution in [0.2, 0.25) is 0 Å². The number of hydrogen-bond donors (Lipinski definition) is 3. The van der Waals surface area contributed by atoms with Crippen LogP contribution >= 0.6 is 0 Å². The van der Waals surface area contributed by atoms with E-state index in [1.54, 1.807) is 12.3 Å². The average Bonchev–Trinajstić information content (AvgIpc) is 3.38. The molecule has 0 atom stereocenters. The molecule has 29 heavy (non-hydrogen) atoms. The predicted octanol–water partition coefficient (Wildman–Crippen LogP) is 5.24. The third kappa shape index (κ3) is 2.93. The third-order valence-electron chi connectivity index (χ3n) is 4.89. The van der Waals surface area contributed by atoms with E-state index in [-0.39, 0.29) is 5.56 Å². The molecular weight excluding hydrogens is 374 g/mol. The maximum Gasteiger partial charge on any atom is 0.258 e. The van der Waals surface area contributed by atoms with Gasteiger partial charge in [-0.25, -0.2) is 8.78 Å². The zero-order valence-corrected chi connectivity index (χ0v) is 15.0. The highest BCUT2D eigenvalue weighted by Crippen LogP contribution is 2.34. The number of nitrogens with one attached hydrogen (secondary N) is 3. The van der Waals surface area contributed by atoms with Crippen molar-refractivity contribution in [1.82, 2.24) is 15.2 Å². The molecule has 5 aromatic rings. The summed E-state index contributed by atoms with van der Waals surface area (Å²) in [4.78, 5) is 15.8. The highest BCUT2D eigenvalue weighted by atomic mass is 19.1. The number of rotatable bonds is 3. The molecule has 3 N–H and O–H groups in total. The third-order valence-corrected chi connectivity index (χ3v) is 4.89. The molecule has 0 fully saturated rings. The molecule has 3 aromatic carbocycles. The van der Waals surface area contributed by atoms with Crippen molar-refractivity contribution < 1.29 is 13.6 Å². The van der Waals surface area contributed by atoms with Crippen LogP contribution in [-0.2, 0) is 0 Å². The molecule has 0 radical (unpaired) electrons. The van der Waals surface area contributed by atoms with Crippen molar-refractivity contribution in [3.63, 3.8) is 0 Å². The molecular formula is C22H14F2N4O. The second-order valence-electron chi connectivity index (χ2n) is 6.68. The molecule has 0 saturated heterocycles. The van der Waals surface area contributed by atoms with E-state index in [1.807, 2.05) is 36.5 Å². The molecule has 0 bridgehead atoms. The van der Waals surface area contributed by atoms with Gasteiger partial charge in [-0.05, 0) is 53.6 Å². The quantitative estimate of drug-likeness (QED) is 0.395. The summed E-state index contributed by atoms with van der Waals surface area (Å²) in [5, 5.41) is 11.3. The number of carbonyl (C=O) groups is 1. The molecule has 0 spiro atoms. The van der Waals surface area contributed by atoms with Gasteiger partial charge in [0.25, 0.3) is 5.91 Å². The molecule has 2 heterocycles. The van der Waals surface area contributed by atoms with Crippen molar-refractivity contribution in [3.8, 4) is 11.1 Å². The molecule has 7 heteroatoms. The number of hydrogen-bond acceptors (Lipinski definition) is 2. The minimum Gasteiger partial charge on any atom is -0.361 e. The van der Waals surface area contributed by atoms with E-state index < -0.39 is 17.5 Å². The summed E-state index contributed by atoms with van der Waals surface area (Å²) in [5.74, 6) is -2.21. The van der Waals surface area contributed by atoms with E-state index in [4.69, 9.17) is 0 Å². The first kappa shape index (κ1) is 17.1. The van der Waals surface area contributed by atoms with Gasteiger partial charge in [-0.2, -0.15) is 5.10 Å². The Hall–Kier alpha value is -4.00. The lowest BCUT2D eigenvalue weighted by molar-refractivity contribution is 0.102.